The summed E-state index contributed by atoms with van der Waals surface area (Å²) in [6.45, 7) is 3.88. The minimum absolute atomic E-state index is 0.0469. The monoisotopic (exact) mass is 384 g/mol. The normalized spacial score (nSPS) is 14.9. The molecule has 11 heteroatoms. The number of carbonyl (C=O) groups excluding carboxylic acids is 1. The van der Waals surface area contributed by atoms with E-state index in [1.165, 1.54) is 4.90 Å². The van der Waals surface area contributed by atoms with E-state index in [1.807, 2.05) is 6.92 Å². The molecule has 2 N–H and O–H groups in total. The second-order valence-corrected chi connectivity index (χ2v) is 6.29. The van der Waals surface area contributed by atoms with Gasteiger partial charge in [0, 0.05) is 37.1 Å². The summed E-state index contributed by atoms with van der Waals surface area (Å²) in [5.41, 5.74) is 2.46. The van der Waals surface area contributed by atoms with Crippen LogP contribution in [-0.2, 0) is 11.2 Å². The van der Waals surface area contributed by atoms with Crippen LogP contribution >= 0.6 is 0 Å². The van der Waals surface area contributed by atoms with Crippen LogP contribution in [0.4, 0.5) is 19.0 Å². The van der Waals surface area contributed by atoms with E-state index in [4.69, 9.17) is 0 Å². The number of aromatic nitrogens is 4. The third kappa shape index (κ3) is 4.73. The maximum absolute atomic E-state index is 12.4. The van der Waals surface area contributed by atoms with Crippen LogP contribution in [0.5, 0.6) is 0 Å². The lowest BCUT2D eigenvalue weighted by Gasteiger charge is -2.38. The maximum Gasteiger partial charge on any atom is 0.522 e. The molecule has 1 aliphatic heterocycles. The Morgan fingerprint density at radius 3 is 2.74 bits per heavy atom. The van der Waals surface area contributed by atoms with Gasteiger partial charge in [0.05, 0.1) is 6.20 Å². The molecule has 0 radical (unpaired) electrons. The van der Waals surface area contributed by atoms with Crippen LogP contribution in [0.3, 0.4) is 0 Å². The maximum atomic E-state index is 12.4. The topological polar surface area (TPSA) is 96.0 Å². The predicted molar refractivity (Wildman–Crippen MR) is 89.1 cm³/mol. The van der Waals surface area contributed by atoms with Gasteiger partial charge < -0.3 is 10.2 Å². The Bertz CT molecular complexity index is 803. The minimum atomic E-state index is -4.71. The number of hydrogen-bond acceptors (Lipinski definition) is 6. The zero-order valence-electron chi connectivity index (χ0n) is 14.8. The third-order valence-electron chi connectivity index (χ3n) is 4.28. The number of aromatic amines is 1. The molecule has 27 heavy (non-hydrogen) atoms. The number of nitrogens with zero attached hydrogens (tertiary/aromatic N) is 4. The summed E-state index contributed by atoms with van der Waals surface area (Å²) >= 11 is 0. The first kappa shape index (κ1) is 19.1. The zero-order valence-corrected chi connectivity index (χ0v) is 14.8. The number of anilines is 1. The highest BCUT2D eigenvalue weighted by molar-refractivity contribution is 5.91. The molecule has 146 valence electrons. The summed E-state index contributed by atoms with van der Waals surface area (Å²) in [6, 6.07) is 0. The number of halogens is 3. The third-order valence-corrected chi connectivity index (χ3v) is 4.28. The van der Waals surface area contributed by atoms with Gasteiger partial charge in [-0.25, -0.2) is 9.97 Å². The Morgan fingerprint density at radius 1 is 1.37 bits per heavy atom. The lowest BCUT2D eigenvalue weighted by Crippen LogP contribution is -2.56. The molecule has 1 saturated heterocycles. The summed E-state index contributed by atoms with van der Waals surface area (Å²) in [4.78, 5) is 22.1. The van der Waals surface area contributed by atoms with Gasteiger partial charge in [0.1, 0.15) is 11.9 Å². The van der Waals surface area contributed by atoms with Gasteiger partial charge in [0.25, 0.3) is 5.91 Å². The van der Waals surface area contributed by atoms with Crippen LogP contribution in [0.2, 0.25) is 0 Å². The number of likely N-dealkylation sites (tertiary alicyclic amines) is 1. The summed E-state index contributed by atoms with van der Waals surface area (Å²) in [5.74, 6) is -0.0367. The van der Waals surface area contributed by atoms with Gasteiger partial charge in [-0.1, -0.05) is 0 Å². The highest BCUT2D eigenvalue weighted by atomic mass is 19.4. The fraction of sp³-hybridized carbons (Fsp3) is 0.500. The summed E-state index contributed by atoms with van der Waals surface area (Å²) in [5, 5.41) is 9.77. The standard InChI is InChI=1S/C16H19F3N6O2/c1-9-10(2)23-14(15(26)25-7-12(8-25)27-16(17,18)19)24-13(9)20-4-3-11-5-21-22-6-11/h5-6,12H,3-4,7-8H2,1-2H3,(H,21,22)(H,20,23,24). The second-order valence-electron chi connectivity index (χ2n) is 6.29. The van der Waals surface area contributed by atoms with Crippen molar-refractivity contribution in [2.75, 3.05) is 25.0 Å². The number of rotatable bonds is 6. The molecule has 1 fully saturated rings. The van der Waals surface area contributed by atoms with Crippen LogP contribution in [0.1, 0.15) is 27.4 Å². The summed E-state index contributed by atoms with van der Waals surface area (Å²) in [6.07, 6.45) is -1.53. The van der Waals surface area contributed by atoms with E-state index in [0.29, 0.717) is 24.5 Å². The predicted octanol–water partition coefficient (Wildman–Crippen LogP) is 1.83. The number of ether oxygens (including phenoxy) is 1. The summed E-state index contributed by atoms with van der Waals surface area (Å²) < 4.78 is 40.4. The Labute approximate surface area is 153 Å². The Kier molecular flexibility index (Phi) is 5.31. The molecule has 0 aromatic carbocycles. The van der Waals surface area contributed by atoms with Gasteiger partial charge in [-0.2, -0.15) is 5.10 Å². The van der Waals surface area contributed by atoms with Crippen molar-refractivity contribution in [3.05, 3.63) is 35.0 Å². The quantitative estimate of drug-likeness (QED) is 0.789. The molecule has 1 amide bonds. The lowest BCUT2D eigenvalue weighted by molar-refractivity contribution is -0.352. The van der Waals surface area contributed by atoms with Gasteiger partial charge in [0.15, 0.2) is 0 Å². The van der Waals surface area contributed by atoms with E-state index >= 15 is 0 Å². The molecule has 0 atom stereocenters. The smallest absolute Gasteiger partial charge is 0.369 e. The molecule has 0 spiro atoms. The van der Waals surface area contributed by atoms with Gasteiger partial charge in [0.2, 0.25) is 5.82 Å². The fourth-order valence-corrected chi connectivity index (χ4v) is 2.65. The van der Waals surface area contributed by atoms with E-state index < -0.39 is 18.4 Å². The van der Waals surface area contributed by atoms with Crippen molar-refractivity contribution in [3.8, 4) is 0 Å². The van der Waals surface area contributed by atoms with Crippen molar-refractivity contribution in [2.24, 2.45) is 0 Å². The first-order chi connectivity index (χ1) is 12.7. The van der Waals surface area contributed by atoms with E-state index in [9.17, 15) is 18.0 Å². The molecule has 3 heterocycles. The number of carbonyl (C=O) groups is 1. The first-order valence-electron chi connectivity index (χ1n) is 8.33. The number of amides is 1. The molecule has 0 aliphatic carbocycles. The minimum Gasteiger partial charge on any atom is -0.369 e. The number of nitrogens with one attached hydrogen (secondary N) is 2. The molecular formula is C16H19F3N6O2. The lowest BCUT2D eigenvalue weighted by atomic mass is 10.1. The highest BCUT2D eigenvalue weighted by Gasteiger charge is 2.41. The number of H-pyrrole nitrogens is 1. The van der Waals surface area contributed by atoms with Crippen molar-refractivity contribution in [1.29, 1.82) is 0 Å². The molecule has 0 bridgehead atoms. The molecule has 3 rings (SSSR count). The molecule has 8 nitrogen and oxygen atoms in total. The number of aryl methyl sites for hydroxylation is 1. The Morgan fingerprint density at radius 2 is 2.11 bits per heavy atom. The average molecular weight is 384 g/mol. The SMILES string of the molecule is Cc1nc(C(=O)N2CC(OC(F)(F)F)C2)nc(NCCc2cn[nH]c2)c1C. The van der Waals surface area contributed by atoms with Crippen molar-refractivity contribution >= 4 is 11.7 Å². The molecule has 0 saturated carbocycles. The average Bonchev–Trinajstić information content (AvgIpc) is 3.06. The first-order valence-corrected chi connectivity index (χ1v) is 8.33. The van der Waals surface area contributed by atoms with Crippen molar-refractivity contribution in [1.82, 2.24) is 25.1 Å². The second kappa shape index (κ2) is 7.51. The van der Waals surface area contributed by atoms with Gasteiger partial charge in [-0.3, -0.25) is 14.6 Å². The van der Waals surface area contributed by atoms with E-state index in [1.54, 1.807) is 19.3 Å². The fourth-order valence-electron chi connectivity index (χ4n) is 2.65. The van der Waals surface area contributed by atoms with Crippen molar-refractivity contribution in [2.45, 2.75) is 32.7 Å². The molecule has 0 unspecified atom stereocenters. The Balaban J connectivity index is 1.62. The van der Waals surface area contributed by atoms with Gasteiger partial charge >= 0.3 is 6.36 Å². The largest absolute Gasteiger partial charge is 0.522 e. The van der Waals surface area contributed by atoms with Gasteiger partial charge in [-0.05, 0) is 25.8 Å². The van der Waals surface area contributed by atoms with Crippen molar-refractivity contribution < 1.29 is 22.7 Å². The van der Waals surface area contributed by atoms with Crippen LogP contribution in [0.25, 0.3) is 0 Å². The van der Waals surface area contributed by atoms with E-state index in [-0.39, 0.29) is 18.9 Å². The Hall–Kier alpha value is -2.69. The molecular weight excluding hydrogens is 365 g/mol. The molecule has 1 aliphatic rings. The number of alkyl halides is 3. The van der Waals surface area contributed by atoms with E-state index in [0.717, 1.165) is 11.1 Å². The molecule has 2 aromatic heterocycles. The highest BCUT2D eigenvalue weighted by Crippen LogP contribution is 2.25. The van der Waals surface area contributed by atoms with Crippen LogP contribution in [-0.4, -0.2) is 63.1 Å². The summed E-state index contributed by atoms with van der Waals surface area (Å²) in [7, 11) is 0. The van der Waals surface area contributed by atoms with Crippen LogP contribution in [0, 0.1) is 13.8 Å². The van der Waals surface area contributed by atoms with Crippen LogP contribution in [0.15, 0.2) is 12.4 Å². The van der Waals surface area contributed by atoms with Crippen LogP contribution < -0.4 is 5.32 Å². The number of hydrogen-bond donors (Lipinski definition) is 2. The van der Waals surface area contributed by atoms with Crippen molar-refractivity contribution in [3.63, 3.8) is 0 Å². The molecule has 2 aromatic rings. The zero-order chi connectivity index (χ0) is 19.6. The van der Waals surface area contributed by atoms with Gasteiger partial charge in [-0.15, -0.1) is 13.2 Å². The van der Waals surface area contributed by atoms with E-state index in [2.05, 4.69) is 30.2 Å².